The standard InChI is InChI=1S/C11H19NO5/c1-10(2,3)17-9(16)12-6-7(13)5-11(12,4)8(14)15/h7,13H,5-6H2,1-4H3,(H,14,15)/t7-,11-/m0/s1. The number of ether oxygens (including phenoxy) is 1. The van der Waals surface area contributed by atoms with Crippen molar-refractivity contribution >= 4 is 12.1 Å². The number of carbonyl (C=O) groups excluding carboxylic acids is 1. The lowest BCUT2D eigenvalue weighted by Crippen LogP contribution is -2.52. The number of β-amino-alcohol motifs (C(OH)–C–C–N with tert-alkyl or cyclic N) is 1. The second-order valence-corrected chi connectivity index (χ2v) is 5.53. The molecule has 1 rings (SSSR count). The van der Waals surface area contributed by atoms with Gasteiger partial charge in [-0.1, -0.05) is 0 Å². The minimum absolute atomic E-state index is 0.0155. The third-order valence-electron chi connectivity index (χ3n) is 2.70. The summed E-state index contributed by atoms with van der Waals surface area (Å²) in [6, 6.07) is 0. The van der Waals surface area contributed by atoms with Gasteiger partial charge in [0.2, 0.25) is 0 Å². The summed E-state index contributed by atoms with van der Waals surface area (Å²) in [6.45, 7) is 6.51. The van der Waals surface area contributed by atoms with Gasteiger partial charge in [0, 0.05) is 6.42 Å². The molecule has 0 unspecified atom stereocenters. The molecule has 1 fully saturated rings. The molecule has 1 amide bonds. The van der Waals surface area contributed by atoms with Gasteiger partial charge in [0.25, 0.3) is 0 Å². The molecule has 0 spiro atoms. The van der Waals surface area contributed by atoms with E-state index in [0.717, 1.165) is 4.90 Å². The summed E-state index contributed by atoms with van der Waals surface area (Å²) in [5.41, 5.74) is -2.09. The van der Waals surface area contributed by atoms with Gasteiger partial charge in [-0.15, -0.1) is 0 Å². The van der Waals surface area contributed by atoms with Crippen molar-refractivity contribution in [3.05, 3.63) is 0 Å². The average Bonchev–Trinajstić information content (AvgIpc) is 2.40. The van der Waals surface area contributed by atoms with E-state index >= 15 is 0 Å². The fourth-order valence-electron chi connectivity index (χ4n) is 1.84. The van der Waals surface area contributed by atoms with Crippen LogP contribution < -0.4 is 0 Å². The smallest absolute Gasteiger partial charge is 0.411 e. The van der Waals surface area contributed by atoms with Crippen LogP contribution in [-0.2, 0) is 9.53 Å². The van der Waals surface area contributed by atoms with Crippen LogP contribution in [0.4, 0.5) is 4.79 Å². The van der Waals surface area contributed by atoms with E-state index in [1.165, 1.54) is 6.92 Å². The van der Waals surface area contributed by atoms with Crippen molar-refractivity contribution in [2.45, 2.75) is 51.4 Å². The van der Waals surface area contributed by atoms with Crippen molar-refractivity contribution < 1.29 is 24.5 Å². The van der Waals surface area contributed by atoms with Crippen molar-refractivity contribution in [1.29, 1.82) is 0 Å². The van der Waals surface area contributed by atoms with E-state index < -0.39 is 29.3 Å². The number of carboxylic acids is 1. The van der Waals surface area contributed by atoms with Crippen molar-refractivity contribution in [2.75, 3.05) is 6.54 Å². The number of carboxylic acid groups (broad SMARTS) is 1. The highest BCUT2D eigenvalue weighted by Crippen LogP contribution is 2.31. The van der Waals surface area contributed by atoms with Crippen molar-refractivity contribution in [3.63, 3.8) is 0 Å². The number of likely N-dealkylation sites (tertiary alicyclic amines) is 1. The molecule has 0 aromatic heterocycles. The largest absolute Gasteiger partial charge is 0.480 e. The summed E-state index contributed by atoms with van der Waals surface area (Å²) in [5.74, 6) is -1.14. The maximum Gasteiger partial charge on any atom is 0.411 e. The minimum Gasteiger partial charge on any atom is -0.480 e. The lowest BCUT2D eigenvalue weighted by molar-refractivity contribution is -0.148. The predicted molar refractivity (Wildman–Crippen MR) is 59.6 cm³/mol. The Bertz CT molecular complexity index is 335. The van der Waals surface area contributed by atoms with Gasteiger partial charge in [0.05, 0.1) is 12.6 Å². The number of aliphatic hydroxyl groups excluding tert-OH is 1. The molecular formula is C11H19NO5. The zero-order chi connectivity index (χ0) is 13.4. The normalized spacial score (nSPS) is 29.2. The first-order valence-corrected chi connectivity index (χ1v) is 5.48. The molecule has 17 heavy (non-hydrogen) atoms. The minimum atomic E-state index is -1.40. The molecule has 0 saturated carbocycles. The van der Waals surface area contributed by atoms with Gasteiger partial charge in [-0.05, 0) is 27.7 Å². The molecule has 0 bridgehead atoms. The monoisotopic (exact) mass is 245 g/mol. The van der Waals surface area contributed by atoms with Gasteiger partial charge in [0.15, 0.2) is 0 Å². The molecule has 0 aliphatic carbocycles. The Morgan fingerprint density at radius 1 is 1.41 bits per heavy atom. The SMILES string of the molecule is CC(C)(C)OC(=O)N1C[C@@H](O)C[C@@]1(C)C(=O)O. The Balaban J connectivity index is 2.88. The zero-order valence-corrected chi connectivity index (χ0v) is 10.6. The third-order valence-corrected chi connectivity index (χ3v) is 2.70. The highest BCUT2D eigenvalue weighted by molar-refractivity contribution is 5.85. The van der Waals surface area contributed by atoms with Crippen LogP contribution in [0, 0.1) is 0 Å². The van der Waals surface area contributed by atoms with Crippen LogP contribution in [0.5, 0.6) is 0 Å². The van der Waals surface area contributed by atoms with E-state index in [4.69, 9.17) is 9.84 Å². The molecule has 1 aliphatic heterocycles. The fourth-order valence-corrected chi connectivity index (χ4v) is 1.84. The third kappa shape index (κ3) is 2.88. The first-order chi connectivity index (χ1) is 7.56. The van der Waals surface area contributed by atoms with E-state index in [-0.39, 0.29) is 13.0 Å². The number of hydrogen-bond acceptors (Lipinski definition) is 4. The summed E-state index contributed by atoms with van der Waals surface area (Å²) in [5, 5.41) is 18.7. The molecule has 2 atom stereocenters. The molecular weight excluding hydrogens is 226 g/mol. The molecule has 0 aromatic carbocycles. The zero-order valence-electron chi connectivity index (χ0n) is 10.6. The molecule has 0 radical (unpaired) electrons. The van der Waals surface area contributed by atoms with Gasteiger partial charge >= 0.3 is 12.1 Å². The Morgan fingerprint density at radius 2 is 1.94 bits per heavy atom. The summed E-state index contributed by atoms with van der Waals surface area (Å²) in [4.78, 5) is 24.1. The molecule has 1 saturated heterocycles. The van der Waals surface area contributed by atoms with Crippen molar-refractivity contribution in [2.24, 2.45) is 0 Å². The fraction of sp³-hybridized carbons (Fsp3) is 0.818. The maximum absolute atomic E-state index is 11.9. The quantitative estimate of drug-likeness (QED) is 0.714. The van der Waals surface area contributed by atoms with Crippen LogP contribution >= 0.6 is 0 Å². The van der Waals surface area contributed by atoms with Crippen molar-refractivity contribution in [3.8, 4) is 0 Å². The van der Waals surface area contributed by atoms with E-state index in [2.05, 4.69) is 0 Å². The van der Waals surface area contributed by atoms with Crippen LogP contribution in [0.15, 0.2) is 0 Å². The first-order valence-electron chi connectivity index (χ1n) is 5.48. The molecule has 1 aliphatic rings. The van der Waals surface area contributed by atoms with Crippen LogP contribution in [0.3, 0.4) is 0 Å². The number of aliphatic carboxylic acids is 1. The Kier molecular flexibility index (Phi) is 3.38. The predicted octanol–water partition coefficient (Wildman–Crippen LogP) is 0.831. The number of nitrogens with zero attached hydrogens (tertiary/aromatic N) is 1. The van der Waals surface area contributed by atoms with Crippen LogP contribution in [0.25, 0.3) is 0 Å². The second-order valence-electron chi connectivity index (χ2n) is 5.53. The lowest BCUT2D eigenvalue weighted by atomic mass is 9.99. The Labute approximate surface area is 100 Å². The van der Waals surface area contributed by atoms with Gasteiger partial charge in [0.1, 0.15) is 11.1 Å². The van der Waals surface area contributed by atoms with Crippen LogP contribution in [0.2, 0.25) is 0 Å². The lowest BCUT2D eigenvalue weighted by Gasteiger charge is -2.32. The highest BCUT2D eigenvalue weighted by Gasteiger charge is 2.51. The molecule has 0 aromatic rings. The number of rotatable bonds is 1. The molecule has 98 valence electrons. The van der Waals surface area contributed by atoms with E-state index in [1.54, 1.807) is 20.8 Å². The summed E-state index contributed by atoms with van der Waals surface area (Å²) < 4.78 is 5.13. The average molecular weight is 245 g/mol. The molecule has 6 heteroatoms. The number of amides is 1. The molecule has 2 N–H and O–H groups in total. The second kappa shape index (κ2) is 4.18. The van der Waals surface area contributed by atoms with Crippen LogP contribution in [-0.4, -0.2) is 51.0 Å². The summed E-state index contributed by atoms with van der Waals surface area (Å²) in [6.07, 6.45) is -1.52. The number of hydrogen-bond donors (Lipinski definition) is 2. The summed E-state index contributed by atoms with van der Waals surface area (Å²) in [7, 11) is 0. The van der Waals surface area contributed by atoms with E-state index in [1.807, 2.05) is 0 Å². The Morgan fingerprint density at radius 3 is 2.35 bits per heavy atom. The first kappa shape index (κ1) is 13.8. The van der Waals surface area contributed by atoms with Crippen LogP contribution in [0.1, 0.15) is 34.1 Å². The number of carbonyl (C=O) groups is 2. The highest BCUT2D eigenvalue weighted by atomic mass is 16.6. The van der Waals surface area contributed by atoms with Gasteiger partial charge in [-0.25, -0.2) is 9.59 Å². The van der Waals surface area contributed by atoms with Gasteiger partial charge < -0.3 is 14.9 Å². The Hall–Kier alpha value is -1.30. The van der Waals surface area contributed by atoms with Gasteiger partial charge in [-0.3, -0.25) is 4.90 Å². The van der Waals surface area contributed by atoms with Crippen molar-refractivity contribution in [1.82, 2.24) is 4.90 Å². The van der Waals surface area contributed by atoms with E-state index in [9.17, 15) is 14.7 Å². The van der Waals surface area contributed by atoms with E-state index in [0.29, 0.717) is 0 Å². The summed E-state index contributed by atoms with van der Waals surface area (Å²) >= 11 is 0. The maximum atomic E-state index is 11.9. The number of aliphatic hydroxyl groups is 1. The molecule has 6 nitrogen and oxygen atoms in total. The molecule has 1 heterocycles. The van der Waals surface area contributed by atoms with Gasteiger partial charge in [-0.2, -0.15) is 0 Å². The topological polar surface area (TPSA) is 87.1 Å².